The first kappa shape index (κ1) is 13.9. The quantitative estimate of drug-likeness (QED) is 0.721. The number of carbonyl (C=O) groups is 2. The van der Waals surface area contributed by atoms with Crippen LogP contribution in [-0.4, -0.2) is 17.4 Å². The fraction of sp³-hybridized carbons (Fsp3) is 0.818. The Bertz CT molecular complexity index is 231. The van der Waals surface area contributed by atoms with E-state index in [1.165, 1.54) is 6.92 Å². The fourth-order valence-corrected chi connectivity index (χ4v) is 2.25. The molecule has 0 aromatic heterocycles. The summed E-state index contributed by atoms with van der Waals surface area (Å²) in [6.45, 7) is 9.32. The van der Waals surface area contributed by atoms with Crippen LogP contribution < -0.4 is 11.1 Å². The fourth-order valence-electron chi connectivity index (χ4n) is 2.25. The number of hydrogen-bond donors (Lipinski definition) is 2. The minimum Gasteiger partial charge on any atom is -0.370 e. The van der Waals surface area contributed by atoms with Crippen LogP contribution in [0.15, 0.2) is 0 Å². The van der Waals surface area contributed by atoms with Crippen molar-refractivity contribution < 1.29 is 9.59 Å². The van der Waals surface area contributed by atoms with Crippen LogP contribution >= 0.6 is 0 Å². The lowest BCUT2D eigenvalue weighted by Crippen LogP contribution is -2.45. The van der Waals surface area contributed by atoms with E-state index in [9.17, 15) is 9.59 Å². The molecule has 4 heteroatoms. The van der Waals surface area contributed by atoms with Crippen molar-refractivity contribution in [1.29, 1.82) is 0 Å². The first-order chi connectivity index (χ1) is 6.54. The van der Waals surface area contributed by atoms with Gasteiger partial charge in [0.05, 0.1) is 0 Å². The molecular formula is C11H22N2O2. The van der Waals surface area contributed by atoms with Gasteiger partial charge in [-0.1, -0.05) is 13.8 Å². The van der Waals surface area contributed by atoms with E-state index in [0.717, 1.165) is 0 Å². The topological polar surface area (TPSA) is 72.2 Å². The molecule has 4 nitrogen and oxygen atoms in total. The summed E-state index contributed by atoms with van der Waals surface area (Å²) < 4.78 is 0. The molecule has 0 aliphatic rings. The number of nitrogens with two attached hydrogens (primary N) is 1. The van der Waals surface area contributed by atoms with E-state index >= 15 is 0 Å². The third-order valence-corrected chi connectivity index (χ3v) is 2.09. The number of carbonyl (C=O) groups excluding carboxylic acids is 2. The molecule has 3 N–H and O–H groups in total. The SMILES string of the molecule is CC(=O)NC(C)(C)CC(C)(C)CC(N)=O. The number of rotatable bonds is 5. The Morgan fingerprint density at radius 1 is 1.20 bits per heavy atom. The maximum atomic E-state index is 11.0. The molecular weight excluding hydrogens is 192 g/mol. The van der Waals surface area contributed by atoms with Crippen molar-refractivity contribution >= 4 is 11.8 Å². The van der Waals surface area contributed by atoms with E-state index in [-0.39, 0.29) is 22.8 Å². The molecule has 88 valence electrons. The third-order valence-electron chi connectivity index (χ3n) is 2.09. The number of nitrogens with one attached hydrogen (secondary N) is 1. The van der Waals surface area contributed by atoms with Crippen molar-refractivity contribution in [3.8, 4) is 0 Å². The van der Waals surface area contributed by atoms with Crippen LogP contribution in [-0.2, 0) is 9.59 Å². The second kappa shape index (κ2) is 4.64. The molecule has 0 saturated heterocycles. The molecule has 0 bridgehead atoms. The largest absolute Gasteiger partial charge is 0.370 e. The molecule has 0 aromatic rings. The van der Waals surface area contributed by atoms with Gasteiger partial charge < -0.3 is 11.1 Å². The molecule has 0 fully saturated rings. The van der Waals surface area contributed by atoms with Crippen LogP contribution in [0.1, 0.15) is 47.5 Å². The van der Waals surface area contributed by atoms with Gasteiger partial charge in [0, 0.05) is 18.9 Å². The van der Waals surface area contributed by atoms with Gasteiger partial charge in [-0.25, -0.2) is 0 Å². The summed E-state index contributed by atoms with van der Waals surface area (Å²) in [4.78, 5) is 21.8. The average Bonchev–Trinajstić information content (AvgIpc) is 1.73. The van der Waals surface area contributed by atoms with Crippen molar-refractivity contribution in [1.82, 2.24) is 5.32 Å². The zero-order valence-corrected chi connectivity index (χ0v) is 10.3. The normalized spacial score (nSPS) is 12.3. The minimum absolute atomic E-state index is 0.0603. The lowest BCUT2D eigenvalue weighted by atomic mass is 9.77. The molecule has 0 saturated carbocycles. The second-order valence-corrected chi connectivity index (χ2v) is 5.55. The van der Waals surface area contributed by atoms with Gasteiger partial charge in [0.1, 0.15) is 0 Å². The van der Waals surface area contributed by atoms with Gasteiger partial charge in [0.15, 0.2) is 0 Å². The highest BCUT2D eigenvalue weighted by atomic mass is 16.1. The minimum atomic E-state index is -0.315. The molecule has 0 atom stereocenters. The zero-order valence-electron chi connectivity index (χ0n) is 10.3. The summed E-state index contributed by atoms with van der Waals surface area (Å²) in [5, 5.41) is 2.86. The Labute approximate surface area is 91.6 Å². The summed E-state index contributed by atoms with van der Waals surface area (Å²) in [5.74, 6) is -0.367. The Kier molecular flexibility index (Phi) is 4.31. The van der Waals surface area contributed by atoms with Crippen molar-refractivity contribution in [3.05, 3.63) is 0 Å². The number of hydrogen-bond acceptors (Lipinski definition) is 2. The van der Waals surface area contributed by atoms with Gasteiger partial charge in [-0.2, -0.15) is 0 Å². The van der Waals surface area contributed by atoms with E-state index in [4.69, 9.17) is 5.73 Å². The molecule has 0 spiro atoms. The molecule has 0 aliphatic carbocycles. The molecule has 0 aliphatic heterocycles. The molecule has 0 unspecified atom stereocenters. The van der Waals surface area contributed by atoms with Gasteiger partial charge in [-0.3, -0.25) is 9.59 Å². The molecule has 15 heavy (non-hydrogen) atoms. The highest BCUT2D eigenvalue weighted by Gasteiger charge is 2.30. The van der Waals surface area contributed by atoms with Crippen LogP contribution in [0.2, 0.25) is 0 Å². The van der Waals surface area contributed by atoms with Gasteiger partial charge in [0.25, 0.3) is 0 Å². The summed E-state index contributed by atoms with van der Waals surface area (Å²) in [6, 6.07) is 0. The molecule has 0 aromatic carbocycles. The van der Waals surface area contributed by atoms with Crippen molar-refractivity contribution in [2.24, 2.45) is 11.1 Å². The predicted molar refractivity (Wildman–Crippen MR) is 60.1 cm³/mol. The van der Waals surface area contributed by atoms with Crippen molar-refractivity contribution in [2.45, 2.75) is 53.0 Å². The highest BCUT2D eigenvalue weighted by Crippen LogP contribution is 2.30. The Morgan fingerprint density at radius 3 is 2.00 bits per heavy atom. The number of primary amides is 1. The standard InChI is InChI=1S/C11H22N2O2/c1-8(14)13-11(4,5)7-10(2,3)6-9(12)15/h6-7H2,1-5H3,(H2,12,15)(H,13,14). The first-order valence-electron chi connectivity index (χ1n) is 5.11. The molecule has 0 rings (SSSR count). The lowest BCUT2D eigenvalue weighted by molar-refractivity contribution is -0.121. The van der Waals surface area contributed by atoms with Crippen molar-refractivity contribution in [2.75, 3.05) is 0 Å². The molecule has 0 heterocycles. The Hall–Kier alpha value is -1.06. The van der Waals surface area contributed by atoms with Crippen LogP contribution in [0, 0.1) is 5.41 Å². The maximum Gasteiger partial charge on any atom is 0.217 e. The molecule has 2 amide bonds. The predicted octanol–water partition coefficient (Wildman–Crippen LogP) is 1.19. The highest BCUT2D eigenvalue weighted by molar-refractivity contribution is 5.75. The van der Waals surface area contributed by atoms with Crippen LogP contribution in [0.3, 0.4) is 0 Å². The van der Waals surface area contributed by atoms with Gasteiger partial charge in [0.2, 0.25) is 11.8 Å². The number of amides is 2. The monoisotopic (exact) mass is 214 g/mol. The van der Waals surface area contributed by atoms with Gasteiger partial charge in [-0.15, -0.1) is 0 Å². The maximum absolute atomic E-state index is 11.0. The summed E-state index contributed by atoms with van der Waals surface area (Å²) in [7, 11) is 0. The summed E-state index contributed by atoms with van der Waals surface area (Å²) >= 11 is 0. The van der Waals surface area contributed by atoms with Crippen LogP contribution in [0.4, 0.5) is 0 Å². The Morgan fingerprint density at radius 2 is 1.67 bits per heavy atom. The Balaban J connectivity index is 4.42. The molecule has 0 radical (unpaired) electrons. The average molecular weight is 214 g/mol. The second-order valence-electron chi connectivity index (χ2n) is 5.55. The van der Waals surface area contributed by atoms with Crippen molar-refractivity contribution in [3.63, 3.8) is 0 Å². The van der Waals surface area contributed by atoms with Gasteiger partial charge >= 0.3 is 0 Å². The zero-order chi connectivity index (χ0) is 12.3. The van der Waals surface area contributed by atoms with E-state index < -0.39 is 0 Å². The summed E-state index contributed by atoms with van der Waals surface area (Å²) in [6.07, 6.45) is 1.04. The van der Waals surface area contributed by atoms with E-state index in [1.807, 2.05) is 27.7 Å². The van der Waals surface area contributed by atoms with E-state index in [0.29, 0.717) is 12.8 Å². The lowest BCUT2D eigenvalue weighted by Gasteiger charge is -2.34. The van der Waals surface area contributed by atoms with E-state index in [1.54, 1.807) is 0 Å². The third kappa shape index (κ3) is 6.94. The van der Waals surface area contributed by atoms with Crippen LogP contribution in [0.5, 0.6) is 0 Å². The summed E-state index contributed by atoms with van der Waals surface area (Å²) in [5.41, 5.74) is 4.66. The van der Waals surface area contributed by atoms with E-state index in [2.05, 4.69) is 5.32 Å². The van der Waals surface area contributed by atoms with Gasteiger partial charge in [-0.05, 0) is 25.7 Å². The smallest absolute Gasteiger partial charge is 0.217 e. The van der Waals surface area contributed by atoms with Crippen LogP contribution in [0.25, 0.3) is 0 Å². The first-order valence-corrected chi connectivity index (χ1v) is 5.11.